The van der Waals surface area contributed by atoms with Crippen molar-refractivity contribution in [3.63, 3.8) is 0 Å². The van der Waals surface area contributed by atoms with Crippen molar-refractivity contribution < 1.29 is 27.9 Å². The Labute approximate surface area is 195 Å². The number of hydrogen-bond donors (Lipinski definition) is 3. The molecule has 3 atom stereocenters. The summed E-state index contributed by atoms with van der Waals surface area (Å²) in [6.45, 7) is 12.5. The summed E-state index contributed by atoms with van der Waals surface area (Å²) in [6, 6.07) is 8.33. The van der Waals surface area contributed by atoms with E-state index < -0.39 is 10.1 Å². The highest BCUT2D eigenvalue weighted by atomic mass is 32.2. The van der Waals surface area contributed by atoms with Gasteiger partial charge < -0.3 is 15.3 Å². The monoisotopic (exact) mass is 475 g/mol. The lowest BCUT2D eigenvalue weighted by Gasteiger charge is -2.21. The zero-order chi connectivity index (χ0) is 24.6. The smallest absolute Gasteiger partial charge is 0.297 e. The Morgan fingerprint density at radius 1 is 0.781 bits per heavy atom. The Balaban J connectivity index is 0.000000809. The molecule has 1 rings (SSSR count). The highest BCUT2D eigenvalue weighted by Crippen LogP contribution is 2.24. The second-order valence-corrected chi connectivity index (χ2v) is 10.6. The lowest BCUT2D eigenvalue weighted by atomic mass is 9.88. The molecule has 3 N–H and O–H groups in total. The minimum absolute atomic E-state index is 0.0694. The van der Waals surface area contributed by atoms with Crippen LogP contribution in [0.25, 0.3) is 0 Å². The minimum atomic E-state index is -3.65. The van der Waals surface area contributed by atoms with Gasteiger partial charge in [0.2, 0.25) is 0 Å². The Hall–Kier alpha value is -1.03. The first-order valence-electron chi connectivity index (χ1n) is 11.6. The molecular formula is C24H45NO6S. The van der Waals surface area contributed by atoms with Gasteiger partial charge in [-0.1, -0.05) is 45.9 Å². The summed E-state index contributed by atoms with van der Waals surface area (Å²) in [5.41, 5.74) is 0. The second kappa shape index (κ2) is 17.4. The average Bonchev–Trinajstić information content (AvgIpc) is 2.68. The van der Waals surface area contributed by atoms with Crippen LogP contribution in [0.15, 0.2) is 35.2 Å². The first-order valence-corrected chi connectivity index (χ1v) is 13.0. The molecular weight excluding hydrogens is 430 g/mol. The van der Waals surface area contributed by atoms with Crippen LogP contribution in [-0.2, 0) is 14.3 Å². The summed E-state index contributed by atoms with van der Waals surface area (Å²) >= 11 is 0. The zero-order valence-corrected chi connectivity index (χ0v) is 21.3. The topological polar surface area (TPSA) is 107 Å². The lowest BCUT2D eigenvalue weighted by molar-refractivity contribution is 0.136. The molecule has 0 radical (unpaired) electrons. The molecule has 3 unspecified atom stereocenters. The van der Waals surface area contributed by atoms with Gasteiger partial charge in [-0.3, -0.25) is 9.08 Å². The van der Waals surface area contributed by atoms with Crippen LogP contribution in [0.2, 0.25) is 0 Å². The largest absolute Gasteiger partial charge is 0.395 e. The van der Waals surface area contributed by atoms with Crippen LogP contribution in [0.4, 0.5) is 0 Å². The molecule has 7 nitrogen and oxygen atoms in total. The van der Waals surface area contributed by atoms with Crippen molar-refractivity contribution in [3.8, 4) is 0 Å². The van der Waals surface area contributed by atoms with Crippen LogP contribution < -0.4 is 0 Å². The molecule has 0 aliphatic heterocycles. The molecule has 8 heteroatoms. The predicted molar refractivity (Wildman–Crippen MR) is 129 cm³/mol. The highest BCUT2D eigenvalue weighted by Gasteiger charge is 2.21. The Bertz CT molecular complexity index is 654. The third-order valence-corrected chi connectivity index (χ3v) is 6.42. The van der Waals surface area contributed by atoms with Crippen LogP contribution in [0.3, 0.4) is 0 Å². The van der Waals surface area contributed by atoms with E-state index in [1.54, 1.807) is 35.2 Å². The third kappa shape index (κ3) is 14.9. The van der Waals surface area contributed by atoms with E-state index in [0.717, 1.165) is 12.8 Å². The fourth-order valence-electron chi connectivity index (χ4n) is 3.91. The maximum atomic E-state index is 12.2. The highest BCUT2D eigenvalue weighted by molar-refractivity contribution is 7.86. The maximum Gasteiger partial charge on any atom is 0.297 e. The standard InChI is InChI=1S/C18H30O3S.C6H15NO3/c1-14(2)11-15(3)12-16(4)13-17(5)21-22(19,20)18-9-7-6-8-10-18;8-4-1-7(2-5-9)3-6-10/h6-10,14-17H,11-13H2,1-5H3;8-10H,1-6H2. The predicted octanol–water partition coefficient (Wildman–Crippen LogP) is 3.14. The zero-order valence-electron chi connectivity index (χ0n) is 20.5. The summed E-state index contributed by atoms with van der Waals surface area (Å²) in [5, 5.41) is 25.5. The van der Waals surface area contributed by atoms with Crippen molar-refractivity contribution in [2.45, 2.75) is 64.9 Å². The van der Waals surface area contributed by atoms with E-state index in [9.17, 15) is 8.42 Å². The summed E-state index contributed by atoms with van der Waals surface area (Å²) in [5.74, 6) is 1.82. The molecule has 0 spiro atoms. The first-order chi connectivity index (χ1) is 15.0. The molecule has 0 heterocycles. The van der Waals surface area contributed by atoms with E-state index >= 15 is 0 Å². The van der Waals surface area contributed by atoms with Crippen LogP contribution in [-0.4, -0.2) is 74.2 Å². The van der Waals surface area contributed by atoms with E-state index in [2.05, 4.69) is 27.7 Å². The van der Waals surface area contributed by atoms with E-state index in [4.69, 9.17) is 19.5 Å². The number of benzene rings is 1. The molecule has 0 saturated carbocycles. The van der Waals surface area contributed by atoms with Crippen molar-refractivity contribution in [1.29, 1.82) is 0 Å². The lowest BCUT2D eigenvalue weighted by Crippen LogP contribution is -2.32. The molecule has 0 bridgehead atoms. The van der Waals surface area contributed by atoms with E-state index in [1.807, 2.05) is 6.92 Å². The van der Waals surface area contributed by atoms with Crippen LogP contribution >= 0.6 is 0 Å². The van der Waals surface area contributed by atoms with Crippen LogP contribution in [0.5, 0.6) is 0 Å². The fraction of sp³-hybridized carbons (Fsp3) is 0.750. The molecule has 0 aliphatic carbocycles. The quantitative estimate of drug-likeness (QED) is 0.335. The normalized spacial score (nSPS) is 14.7. The molecule has 32 heavy (non-hydrogen) atoms. The van der Waals surface area contributed by atoms with Gasteiger partial charge in [0.25, 0.3) is 10.1 Å². The summed E-state index contributed by atoms with van der Waals surface area (Å²) in [6.07, 6.45) is 2.78. The van der Waals surface area contributed by atoms with Crippen LogP contribution in [0, 0.1) is 17.8 Å². The summed E-state index contributed by atoms with van der Waals surface area (Å²) in [7, 11) is -3.65. The van der Waals surface area contributed by atoms with E-state index in [1.165, 1.54) is 6.42 Å². The Morgan fingerprint density at radius 2 is 1.25 bits per heavy atom. The third-order valence-electron chi connectivity index (χ3n) is 4.98. The SMILES string of the molecule is CC(C)CC(C)CC(C)CC(C)OS(=O)(=O)c1ccccc1.OCCN(CCO)CCO. The Kier molecular flexibility index (Phi) is 16.9. The first kappa shape index (κ1) is 31.0. The molecule has 0 amide bonds. The molecule has 0 aromatic heterocycles. The van der Waals surface area contributed by atoms with Gasteiger partial charge in [-0.15, -0.1) is 0 Å². The number of hydrogen-bond acceptors (Lipinski definition) is 7. The van der Waals surface area contributed by atoms with E-state index in [0.29, 0.717) is 37.4 Å². The molecule has 1 aromatic carbocycles. The van der Waals surface area contributed by atoms with E-state index in [-0.39, 0.29) is 30.8 Å². The summed E-state index contributed by atoms with van der Waals surface area (Å²) < 4.78 is 29.7. The van der Waals surface area contributed by atoms with Crippen molar-refractivity contribution in [2.24, 2.45) is 17.8 Å². The number of aliphatic hydroxyl groups is 3. The second-order valence-electron chi connectivity index (χ2n) is 9.00. The van der Waals surface area contributed by atoms with Gasteiger partial charge in [0.15, 0.2) is 0 Å². The van der Waals surface area contributed by atoms with Crippen LogP contribution in [0.1, 0.15) is 53.9 Å². The van der Waals surface area contributed by atoms with Gasteiger partial charge in [-0.05, 0) is 56.1 Å². The maximum absolute atomic E-state index is 12.2. The molecule has 0 aliphatic rings. The van der Waals surface area contributed by atoms with Gasteiger partial charge in [0, 0.05) is 19.6 Å². The number of aliphatic hydroxyl groups excluding tert-OH is 3. The van der Waals surface area contributed by atoms with Gasteiger partial charge in [-0.25, -0.2) is 0 Å². The van der Waals surface area contributed by atoms with Crippen molar-refractivity contribution in [1.82, 2.24) is 4.90 Å². The average molecular weight is 476 g/mol. The number of rotatable bonds is 15. The molecule has 1 aromatic rings. The molecule has 0 saturated heterocycles. The number of nitrogens with zero attached hydrogens (tertiary/aromatic N) is 1. The van der Waals surface area contributed by atoms with Gasteiger partial charge in [0.05, 0.1) is 30.8 Å². The van der Waals surface area contributed by atoms with Crippen molar-refractivity contribution in [3.05, 3.63) is 30.3 Å². The van der Waals surface area contributed by atoms with Crippen molar-refractivity contribution in [2.75, 3.05) is 39.5 Å². The van der Waals surface area contributed by atoms with Gasteiger partial charge >= 0.3 is 0 Å². The Morgan fingerprint density at radius 3 is 1.69 bits per heavy atom. The minimum Gasteiger partial charge on any atom is -0.395 e. The van der Waals surface area contributed by atoms with Gasteiger partial charge in [-0.2, -0.15) is 8.42 Å². The summed E-state index contributed by atoms with van der Waals surface area (Å²) in [4.78, 5) is 2.02. The van der Waals surface area contributed by atoms with Gasteiger partial charge in [0.1, 0.15) is 0 Å². The molecule has 0 fully saturated rings. The van der Waals surface area contributed by atoms with Crippen molar-refractivity contribution >= 4 is 10.1 Å². The fourth-order valence-corrected chi connectivity index (χ4v) is 5.02. The molecule has 188 valence electrons.